The summed E-state index contributed by atoms with van der Waals surface area (Å²) in [7, 11) is 0. The van der Waals surface area contributed by atoms with E-state index in [1.807, 2.05) is 0 Å². The summed E-state index contributed by atoms with van der Waals surface area (Å²) in [5.41, 5.74) is 0.819. The lowest BCUT2D eigenvalue weighted by Crippen LogP contribution is -2.21. The molecular weight excluding hydrogens is 132 g/mol. The molecule has 2 fully saturated rings. The lowest BCUT2D eigenvalue weighted by Gasteiger charge is -2.29. The fraction of sp³-hybridized carbons (Fsp3) is 1.00. The molecule has 0 nitrogen and oxygen atoms in total. The normalized spacial score (nSPS) is 42.0. The molecule has 0 amide bonds. The van der Waals surface area contributed by atoms with Crippen molar-refractivity contribution in [2.24, 2.45) is 17.3 Å². The summed E-state index contributed by atoms with van der Waals surface area (Å²) in [5, 5.41) is 0. The third-order valence-corrected chi connectivity index (χ3v) is 4.52. The van der Waals surface area contributed by atoms with Gasteiger partial charge in [0.25, 0.3) is 0 Å². The SMILES string of the molecule is CC1CCC2(CCCC2)C1C. The maximum atomic E-state index is 2.49. The maximum absolute atomic E-state index is 2.49. The summed E-state index contributed by atoms with van der Waals surface area (Å²) in [6, 6.07) is 0. The van der Waals surface area contributed by atoms with Crippen LogP contribution in [-0.2, 0) is 0 Å². The van der Waals surface area contributed by atoms with E-state index < -0.39 is 0 Å². The van der Waals surface area contributed by atoms with Crippen LogP contribution in [0.25, 0.3) is 0 Å². The van der Waals surface area contributed by atoms with Gasteiger partial charge in [-0.25, -0.2) is 0 Å². The Hall–Kier alpha value is 0. The third kappa shape index (κ3) is 1.02. The van der Waals surface area contributed by atoms with E-state index in [2.05, 4.69) is 13.8 Å². The van der Waals surface area contributed by atoms with Gasteiger partial charge in [-0.15, -0.1) is 0 Å². The van der Waals surface area contributed by atoms with E-state index in [1.165, 1.54) is 25.7 Å². The molecule has 2 saturated carbocycles. The second-order valence-corrected chi connectivity index (χ2v) is 4.87. The highest BCUT2D eigenvalue weighted by molar-refractivity contribution is 4.95. The Balaban J connectivity index is 2.13. The zero-order chi connectivity index (χ0) is 7.90. The van der Waals surface area contributed by atoms with Crippen molar-refractivity contribution in [3.63, 3.8) is 0 Å². The number of hydrogen-bond acceptors (Lipinski definition) is 0. The molecule has 0 heteroatoms. The molecule has 64 valence electrons. The van der Waals surface area contributed by atoms with Gasteiger partial charge in [0.15, 0.2) is 0 Å². The number of rotatable bonds is 0. The number of hydrogen-bond donors (Lipinski definition) is 0. The molecule has 2 aliphatic rings. The largest absolute Gasteiger partial charge is 0.0622 e. The Labute approximate surface area is 70.4 Å². The monoisotopic (exact) mass is 152 g/mol. The van der Waals surface area contributed by atoms with E-state index in [0.717, 1.165) is 17.3 Å². The molecule has 0 aromatic carbocycles. The van der Waals surface area contributed by atoms with Crippen molar-refractivity contribution in [1.29, 1.82) is 0 Å². The minimum Gasteiger partial charge on any atom is -0.0622 e. The topological polar surface area (TPSA) is 0 Å². The van der Waals surface area contributed by atoms with Gasteiger partial charge in [0, 0.05) is 0 Å². The van der Waals surface area contributed by atoms with Crippen LogP contribution in [0.5, 0.6) is 0 Å². The highest BCUT2D eigenvalue weighted by Gasteiger charge is 2.45. The van der Waals surface area contributed by atoms with Crippen molar-refractivity contribution in [2.45, 2.75) is 52.4 Å². The van der Waals surface area contributed by atoms with Gasteiger partial charge in [0.05, 0.1) is 0 Å². The minimum absolute atomic E-state index is 0.819. The van der Waals surface area contributed by atoms with E-state index in [1.54, 1.807) is 12.8 Å². The van der Waals surface area contributed by atoms with Gasteiger partial charge in [-0.1, -0.05) is 26.7 Å². The molecule has 0 bridgehead atoms. The summed E-state index contributed by atoms with van der Waals surface area (Å²) >= 11 is 0. The summed E-state index contributed by atoms with van der Waals surface area (Å²) in [4.78, 5) is 0. The van der Waals surface area contributed by atoms with E-state index in [-0.39, 0.29) is 0 Å². The van der Waals surface area contributed by atoms with Crippen LogP contribution in [-0.4, -0.2) is 0 Å². The van der Waals surface area contributed by atoms with E-state index in [4.69, 9.17) is 0 Å². The van der Waals surface area contributed by atoms with Crippen molar-refractivity contribution >= 4 is 0 Å². The summed E-state index contributed by atoms with van der Waals surface area (Å²) < 4.78 is 0. The third-order valence-electron chi connectivity index (χ3n) is 4.52. The molecule has 1 spiro atoms. The van der Waals surface area contributed by atoms with E-state index in [0.29, 0.717) is 0 Å². The molecular formula is C11H20. The highest BCUT2D eigenvalue weighted by atomic mass is 14.5. The van der Waals surface area contributed by atoms with Gasteiger partial charge in [-0.2, -0.15) is 0 Å². The zero-order valence-electron chi connectivity index (χ0n) is 7.90. The van der Waals surface area contributed by atoms with Crippen molar-refractivity contribution in [1.82, 2.24) is 0 Å². The van der Waals surface area contributed by atoms with Crippen molar-refractivity contribution < 1.29 is 0 Å². The van der Waals surface area contributed by atoms with Gasteiger partial charge in [-0.3, -0.25) is 0 Å². The Kier molecular flexibility index (Phi) is 1.74. The van der Waals surface area contributed by atoms with Crippen LogP contribution < -0.4 is 0 Å². The average Bonchev–Trinajstić information content (AvgIpc) is 2.56. The standard InChI is InChI=1S/C11H20/c1-9-5-8-11(10(9)2)6-3-4-7-11/h9-10H,3-8H2,1-2H3. The molecule has 0 N–H and O–H groups in total. The average molecular weight is 152 g/mol. The van der Waals surface area contributed by atoms with Crippen LogP contribution in [0.15, 0.2) is 0 Å². The van der Waals surface area contributed by atoms with Gasteiger partial charge in [-0.05, 0) is 42.9 Å². The van der Waals surface area contributed by atoms with Crippen molar-refractivity contribution in [3.8, 4) is 0 Å². The van der Waals surface area contributed by atoms with Crippen LogP contribution in [0.3, 0.4) is 0 Å². The lowest BCUT2D eigenvalue weighted by molar-refractivity contribution is 0.199. The first kappa shape index (κ1) is 7.64. The smallest absolute Gasteiger partial charge is 0.0269 e. The predicted molar refractivity (Wildman–Crippen MR) is 48.5 cm³/mol. The quantitative estimate of drug-likeness (QED) is 0.497. The molecule has 2 atom stereocenters. The Bertz CT molecular complexity index is 142. The van der Waals surface area contributed by atoms with Crippen LogP contribution in [0, 0.1) is 17.3 Å². The van der Waals surface area contributed by atoms with Gasteiger partial charge in [0.1, 0.15) is 0 Å². The highest BCUT2D eigenvalue weighted by Crippen LogP contribution is 2.56. The molecule has 0 aromatic rings. The molecule has 11 heavy (non-hydrogen) atoms. The van der Waals surface area contributed by atoms with Crippen LogP contribution >= 0.6 is 0 Å². The van der Waals surface area contributed by atoms with Crippen LogP contribution in [0.2, 0.25) is 0 Å². The van der Waals surface area contributed by atoms with Gasteiger partial charge < -0.3 is 0 Å². The Morgan fingerprint density at radius 2 is 1.64 bits per heavy atom. The predicted octanol–water partition coefficient (Wildman–Crippen LogP) is 3.61. The van der Waals surface area contributed by atoms with Gasteiger partial charge >= 0.3 is 0 Å². The fourth-order valence-electron chi connectivity index (χ4n) is 3.38. The summed E-state index contributed by atoms with van der Waals surface area (Å²) in [5.74, 6) is 2.03. The van der Waals surface area contributed by atoms with Crippen molar-refractivity contribution in [3.05, 3.63) is 0 Å². The molecule has 0 aromatic heterocycles. The van der Waals surface area contributed by atoms with Crippen LogP contribution in [0.1, 0.15) is 52.4 Å². The fourth-order valence-corrected chi connectivity index (χ4v) is 3.38. The molecule has 0 heterocycles. The summed E-state index contributed by atoms with van der Waals surface area (Å²) in [6.07, 6.45) is 9.14. The lowest BCUT2D eigenvalue weighted by atomic mass is 9.75. The first-order valence-electron chi connectivity index (χ1n) is 5.25. The molecule has 2 aliphatic carbocycles. The molecule has 2 unspecified atom stereocenters. The molecule has 0 radical (unpaired) electrons. The minimum atomic E-state index is 0.819. The van der Waals surface area contributed by atoms with E-state index in [9.17, 15) is 0 Å². The molecule has 0 saturated heterocycles. The van der Waals surface area contributed by atoms with Crippen LogP contribution in [0.4, 0.5) is 0 Å². The summed E-state index contributed by atoms with van der Waals surface area (Å²) in [6.45, 7) is 4.93. The van der Waals surface area contributed by atoms with E-state index >= 15 is 0 Å². The Morgan fingerprint density at radius 1 is 1.00 bits per heavy atom. The zero-order valence-corrected chi connectivity index (χ0v) is 7.90. The Morgan fingerprint density at radius 3 is 2.09 bits per heavy atom. The second-order valence-electron chi connectivity index (χ2n) is 4.87. The maximum Gasteiger partial charge on any atom is -0.0269 e. The second kappa shape index (κ2) is 2.50. The molecule has 2 rings (SSSR count). The first-order valence-corrected chi connectivity index (χ1v) is 5.25. The first-order chi connectivity index (χ1) is 5.25. The molecule has 0 aliphatic heterocycles. The van der Waals surface area contributed by atoms with Crippen molar-refractivity contribution in [2.75, 3.05) is 0 Å². The van der Waals surface area contributed by atoms with Gasteiger partial charge in [0.2, 0.25) is 0 Å².